The molecule has 1 fully saturated rings. The minimum atomic E-state index is -0.333. The Labute approximate surface area is 169 Å². The van der Waals surface area contributed by atoms with E-state index in [0.717, 1.165) is 17.7 Å². The van der Waals surface area contributed by atoms with Crippen LogP contribution in [0.5, 0.6) is 5.75 Å². The van der Waals surface area contributed by atoms with Crippen LogP contribution in [0.3, 0.4) is 0 Å². The summed E-state index contributed by atoms with van der Waals surface area (Å²) >= 11 is 0. The minimum absolute atomic E-state index is 0.166. The maximum absolute atomic E-state index is 12.7. The first kappa shape index (κ1) is 20.3. The number of nitrogens with one attached hydrogen (secondary N) is 1. The van der Waals surface area contributed by atoms with Crippen LogP contribution in [0.2, 0.25) is 0 Å². The largest absolute Gasteiger partial charge is 0.496 e. The Hall–Kier alpha value is -3.42. The molecule has 1 aromatic heterocycles. The Kier molecular flexibility index (Phi) is 6.78. The van der Waals surface area contributed by atoms with Crippen LogP contribution in [0.25, 0.3) is 0 Å². The highest BCUT2D eigenvalue weighted by molar-refractivity contribution is 5.98. The minimum Gasteiger partial charge on any atom is -0.496 e. The smallest absolute Gasteiger partial charge is 0.269 e. The Morgan fingerprint density at radius 1 is 1.17 bits per heavy atom. The van der Waals surface area contributed by atoms with Gasteiger partial charge in [0.2, 0.25) is 6.41 Å². The fourth-order valence-electron chi connectivity index (χ4n) is 3.21. The number of hydrogen-bond donors (Lipinski definition) is 1. The molecule has 1 aromatic carbocycles. The first-order chi connectivity index (χ1) is 14.1. The fraction of sp³-hybridized carbons (Fsp3) is 0.333. The number of nitrogens with zero attached hydrogens (tertiary/aromatic N) is 3. The molecular weight excluding hydrogens is 372 g/mol. The van der Waals surface area contributed by atoms with E-state index in [1.54, 1.807) is 23.0 Å². The average Bonchev–Trinajstić information content (AvgIpc) is 2.79. The van der Waals surface area contributed by atoms with Gasteiger partial charge >= 0.3 is 0 Å². The number of para-hydroxylation sites is 1. The van der Waals surface area contributed by atoms with Crippen molar-refractivity contribution in [3.8, 4) is 5.75 Å². The van der Waals surface area contributed by atoms with E-state index in [1.807, 2.05) is 24.3 Å². The Bertz CT molecular complexity index is 878. The quantitative estimate of drug-likeness (QED) is 0.705. The van der Waals surface area contributed by atoms with Crippen LogP contribution in [0, 0.1) is 0 Å². The molecule has 1 aliphatic heterocycles. The summed E-state index contributed by atoms with van der Waals surface area (Å²) in [5.74, 6) is 0.281. The van der Waals surface area contributed by atoms with Crippen LogP contribution in [-0.4, -0.2) is 72.8 Å². The van der Waals surface area contributed by atoms with Gasteiger partial charge in [-0.3, -0.25) is 19.4 Å². The third kappa shape index (κ3) is 5.10. The Morgan fingerprint density at radius 3 is 2.66 bits per heavy atom. The number of ether oxygens (including phenoxy) is 1. The number of carbonyl (C=O) groups is 3. The summed E-state index contributed by atoms with van der Waals surface area (Å²) in [6.07, 6.45) is 2.88. The highest BCUT2D eigenvalue weighted by atomic mass is 16.5. The standard InChI is InChI=1S/C21H24N4O4/c1-29-19-5-3-2-4-16(19)6-9-23-20(27)18-14-17(7-8-22-18)21(28)25-12-10-24(15-26)11-13-25/h2-5,7-8,14-15H,6,9-13H2,1H3,(H,23,27). The number of carbonyl (C=O) groups excluding carboxylic acids is 3. The SMILES string of the molecule is COc1ccccc1CCNC(=O)c1cc(C(=O)N2CCN(C=O)CC2)ccn1. The van der Waals surface area contributed by atoms with Crippen molar-refractivity contribution in [2.75, 3.05) is 39.8 Å². The van der Waals surface area contributed by atoms with Gasteiger partial charge in [-0.2, -0.15) is 0 Å². The molecule has 0 atom stereocenters. The fourth-order valence-corrected chi connectivity index (χ4v) is 3.21. The van der Waals surface area contributed by atoms with E-state index < -0.39 is 0 Å². The third-order valence-corrected chi connectivity index (χ3v) is 4.86. The van der Waals surface area contributed by atoms with Crippen LogP contribution in [-0.2, 0) is 11.2 Å². The van der Waals surface area contributed by atoms with Crippen LogP contribution < -0.4 is 10.1 Å². The van der Waals surface area contributed by atoms with Gasteiger partial charge in [-0.05, 0) is 30.2 Å². The number of hydrogen-bond acceptors (Lipinski definition) is 5. The number of pyridine rings is 1. The van der Waals surface area contributed by atoms with Gasteiger partial charge < -0.3 is 19.9 Å². The van der Waals surface area contributed by atoms with Gasteiger partial charge in [0, 0.05) is 44.5 Å². The molecule has 1 saturated heterocycles. The lowest BCUT2D eigenvalue weighted by Crippen LogP contribution is -2.48. The second-order valence-electron chi connectivity index (χ2n) is 6.68. The molecule has 0 bridgehead atoms. The van der Waals surface area contributed by atoms with Crippen molar-refractivity contribution in [3.05, 3.63) is 59.4 Å². The zero-order valence-electron chi connectivity index (χ0n) is 16.3. The molecule has 29 heavy (non-hydrogen) atoms. The molecule has 2 aromatic rings. The highest BCUT2D eigenvalue weighted by Gasteiger charge is 2.22. The summed E-state index contributed by atoms with van der Waals surface area (Å²) in [6, 6.07) is 10.7. The second kappa shape index (κ2) is 9.68. The molecule has 8 nitrogen and oxygen atoms in total. The van der Waals surface area contributed by atoms with E-state index in [1.165, 1.54) is 12.3 Å². The summed E-state index contributed by atoms with van der Waals surface area (Å²) in [5.41, 5.74) is 1.61. The highest BCUT2D eigenvalue weighted by Crippen LogP contribution is 2.17. The molecule has 2 heterocycles. The van der Waals surface area contributed by atoms with Crippen molar-refractivity contribution in [3.63, 3.8) is 0 Å². The lowest BCUT2D eigenvalue weighted by atomic mass is 10.1. The summed E-state index contributed by atoms with van der Waals surface area (Å²) < 4.78 is 5.31. The molecule has 0 unspecified atom stereocenters. The van der Waals surface area contributed by atoms with Gasteiger partial charge in [0.15, 0.2) is 0 Å². The molecular formula is C21H24N4O4. The molecule has 152 valence electrons. The second-order valence-corrected chi connectivity index (χ2v) is 6.68. The van der Waals surface area contributed by atoms with Gasteiger partial charge in [-0.25, -0.2) is 0 Å². The van der Waals surface area contributed by atoms with E-state index in [4.69, 9.17) is 4.74 Å². The monoisotopic (exact) mass is 396 g/mol. The molecule has 1 aliphatic rings. The lowest BCUT2D eigenvalue weighted by molar-refractivity contribution is -0.119. The summed E-state index contributed by atoms with van der Waals surface area (Å²) in [7, 11) is 1.61. The number of aromatic nitrogens is 1. The summed E-state index contributed by atoms with van der Waals surface area (Å²) in [6.45, 7) is 2.39. The van der Waals surface area contributed by atoms with Crippen LogP contribution in [0.1, 0.15) is 26.4 Å². The third-order valence-electron chi connectivity index (χ3n) is 4.86. The molecule has 8 heteroatoms. The zero-order chi connectivity index (χ0) is 20.6. The maximum Gasteiger partial charge on any atom is 0.269 e. The van der Waals surface area contributed by atoms with E-state index in [-0.39, 0.29) is 17.5 Å². The normalized spacial score (nSPS) is 13.7. The first-order valence-corrected chi connectivity index (χ1v) is 9.47. The topological polar surface area (TPSA) is 91.8 Å². The Balaban J connectivity index is 1.58. The lowest BCUT2D eigenvalue weighted by Gasteiger charge is -2.32. The Morgan fingerprint density at radius 2 is 1.93 bits per heavy atom. The molecule has 0 spiro atoms. The van der Waals surface area contributed by atoms with Gasteiger partial charge in [-0.15, -0.1) is 0 Å². The number of benzene rings is 1. The zero-order valence-corrected chi connectivity index (χ0v) is 16.3. The van der Waals surface area contributed by atoms with E-state index in [9.17, 15) is 14.4 Å². The van der Waals surface area contributed by atoms with Crippen molar-refractivity contribution in [2.24, 2.45) is 0 Å². The molecule has 0 saturated carbocycles. The van der Waals surface area contributed by atoms with Gasteiger partial charge in [-0.1, -0.05) is 18.2 Å². The van der Waals surface area contributed by atoms with Crippen LogP contribution in [0.4, 0.5) is 0 Å². The number of amides is 3. The average molecular weight is 396 g/mol. The molecule has 0 aliphatic carbocycles. The van der Waals surface area contributed by atoms with Crippen molar-refractivity contribution in [1.29, 1.82) is 0 Å². The van der Waals surface area contributed by atoms with Crippen molar-refractivity contribution < 1.29 is 19.1 Å². The first-order valence-electron chi connectivity index (χ1n) is 9.47. The van der Waals surface area contributed by atoms with Gasteiger partial charge in [0.25, 0.3) is 11.8 Å². The number of rotatable bonds is 7. The molecule has 1 N–H and O–H groups in total. The molecule has 0 radical (unpaired) electrons. The maximum atomic E-state index is 12.7. The van der Waals surface area contributed by atoms with Crippen molar-refractivity contribution >= 4 is 18.2 Å². The number of piperazine rings is 1. The van der Waals surface area contributed by atoms with E-state index in [0.29, 0.717) is 44.7 Å². The van der Waals surface area contributed by atoms with Crippen molar-refractivity contribution in [1.82, 2.24) is 20.1 Å². The van der Waals surface area contributed by atoms with Crippen LogP contribution in [0.15, 0.2) is 42.6 Å². The van der Waals surface area contributed by atoms with Gasteiger partial charge in [0.05, 0.1) is 7.11 Å². The summed E-state index contributed by atoms with van der Waals surface area (Å²) in [5, 5.41) is 2.83. The predicted molar refractivity (Wildman–Crippen MR) is 107 cm³/mol. The number of methoxy groups -OCH3 is 1. The predicted octanol–water partition coefficient (Wildman–Crippen LogP) is 0.977. The van der Waals surface area contributed by atoms with Gasteiger partial charge in [0.1, 0.15) is 11.4 Å². The van der Waals surface area contributed by atoms with E-state index in [2.05, 4.69) is 10.3 Å². The molecule has 3 amide bonds. The van der Waals surface area contributed by atoms with E-state index >= 15 is 0 Å². The summed E-state index contributed by atoms with van der Waals surface area (Å²) in [4.78, 5) is 43.3. The van der Waals surface area contributed by atoms with Crippen molar-refractivity contribution in [2.45, 2.75) is 6.42 Å². The molecule has 3 rings (SSSR count). The van der Waals surface area contributed by atoms with Crippen LogP contribution >= 0.6 is 0 Å².